The third kappa shape index (κ3) is 25.7. The fraction of sp³-hybridized carbons (Fsp3) is 0.392. The van der Waals surface area contributed by atoms with Crippen molar-refractivity contribution in [3.05, 3.63) is 335 Å². The second-order valence-electron chi connectivity index (χ2n) is 31.2. The highest BCUT2D eigenvalue weighted by Crippen LogP contribution is 2.46. The van der Waals surface area contributed by atoms with Gasteiger partial charge in [0.25, 0.3) is 5.79 Å². The smallest absolute Gasteiger partial charge is 0.373 e. The van der Waals surface area contributed by atoms with E-state index in [0.29, 0.717) is 26.4 Å². The number of halogens is 1. The Morgan fingerprint density at radius 2 is 0.642 bits per heavy atom. The Balaban J connectivity index is 0.000000164. The van der Waals surface area contributed by atoms with Crippen LogP contribution in [0.4, 0.5) is 4.39 Å². The number of carbonyl (C=O) groups is 3. The van der Waals surface area contributed by atoms with Crippen LogP contribution in [0, 0.1) is 0 Å². The molecule has 6 aliphatic heterocycles. The average molecular weight is 1650 g/mol. The van der Waals surface area contributed by atoms with Crippen molar-refractivity contribution in [3.63, 3.8) is 0 Å². The van der Waals surface area contributed by atoms with Gasteiger partial charge in [-0.3, -0.25) is 0 Å². The Kier molecular flexibility index (Phi) is 31.8. The van der Waals surface area contributed by atoms with E-state index in [2.05, 4.69) is 0 Å². The molecule has 636 valence electrons. The zero-order valence-electron chi connectivity index (χ0n) is 67.8. The Labute approximate surface area is 701 Å². The molecule has 0 aliphatic carbocycles. The molecule has 1 N–H and O–H groups in total. The van der Waals surface area contributed by atoms with Crippen LogP contribution in [0.3, 0.4) is 0 Å². The number of rotatable bonds is 33. The Morgan fingerprint density at radius 1 is 0.350 bits per heavy atom. The monoisotopic (exact) mass is 1640 g/mol. The first-order valence-electron chi connectivity index (χ1n) is 40.3. The third-order valence-electron chi connectivity index (χ3n) is 20.4. The van der Waals surface area contributed by atoms with Crippen LogP contribution in [0.2, 0.25) is 0 Å². The number of hydrogen-bond donors (Lipinski definition) is 1. The van der Waals surface area contributed by atoms with Crippen molar-refractivity contribution in [3.8, 4) is 0 Å². The Morgan fingerprint density at radius 3 is 1.01 bits per heavy atom. The number of esters is 3. The summed E-state index contributed by atoms with van der Waals surface area (Å²) in [5.74, 6) is -10.3. The molecule has 15 rings (SSSR count). The summed E-state index contributed by atoms with van der Waals surface area (Å²) in [6.07, 6.45) is -7.07. The van der Waals surface area contributed by atoms with E-state index in [-0.39, 0.29) is 78.9 Å². The summed E-state index contributed by atoms with van der Waals surface area (Å²) in [4.78, 5) is 39.4. The summed E-state index contributed by atoms with van der Waals surface area (Å²) in [5.41, 5.74) is 8.37. The molecule has 14 atom stereocenters. The number of alkyl halides is 1. The number of ether oxygens (including phenoxy) is 18. The molecule has 0 bridgehead atoms. The molecule has 5 fully saturated rings. The Hall–Kier alpha value is -9.74. The van der Waals surface area contributed by atoms with E-state index in [0.717, 1.165) is 50.1 Å². The van der Waals surface area contributed by atoms with Gasteiger partial charge in [0.05, 0.1) is 71.7 Å². The first-order chi connectivity index (χ1) is 57.6. The molecule has 0 saturated carbocycles. The zero-order valence-corrected chi connectivity index (χ0v) is 67.8. The standard InChI is InChI=1S/C32H35FO7.C32H36O8.C32H34O7.CH4/c1-31(2)38-26-18-32(33,30(34)37-21-25-16-10-5-11-17-25)40-29(28(26)39-31)27(36-20-24-14-8-4-9-15-24)22-35-19-23-12-6-3-7-13-23;1-31(2)38-26-18-32(34,30(33)37-21-25-16-10-5-11-17-25)40-29(28(26)39-31)27(36-20-24-14-8-4-9-15-24)22-35-19-23-12-6-3-7-13-23;1-32(2)38-26-18-27(31(33)36-21-25-16-10-5-11-17-25)37-29(30(26)39-32)28(35-20-24-14-8-4-9-15-24)22-34-19-23-12-6-3-7-13-23;/h3-17,26-29H,18-22H2,1-2H3;3-17,26-29,34H,18-22H2,1-2H3;3-18,26,28-30H,19-22H2,1-2H3;1H4/t2*26-,27-,28?,29?,32-;26-,28-,29?,30?;/m111./s1. The highest BCUT2D eigenvalue weighted by Gasteiger charge is 2.63. The topological polar surface area (TPSA) is 238 Å². The van der Waals surface area contributed by atoms with E-state index in [1.807, 2.05) is 275 Å². The fourth-order valence-corrected chi connectivity index (χ4v) is 14.8. The van der Waals surface area contributed by atoms with Gasteiger partial charge < -0.3 is 90.4 Å². The minimum Gasteiger partial charge on any atom is -0.478 e. The molecular weight excluding hydrogens is 1540 g/mol. The molecule has 9 aromatic rings. The van der Waals surface area contributed by atoms with Crippen molar-refractivity contribution in [2.45, 2.75) is 224 Å². The minimum atomic E-state index is -2.75. The van der Waals surface area contributed by atoms with Crippen LogP contribution in [0.15, 0.2) is 285 Å². The third-order valence-corrected chi connectivity index (χ3v) is 20.4. The maximum Gasteiger partial charge on any atom is 0.373 e. The predicted molar refractivity (Wildman–Crippen MR) is 441 cm³/mol. The first kappa shape index (κ1) is 89.5. The van der Waals surface area contributed by atoms with Gasteiger partial charge in [-0.05, 0) is 97.7 Å². The van der Waals surface area contributed by atoms with Crippen molar-refractivity contribution in [2.75, 3.05) is 19.8 Å². The SMILES string of the molecule is C.CC1(C)OC2C([C@@H](COCc3ccccc3)OCc3ccccc3)OC(C(=O)OCc3ccccc3)=C[C@H]2O1.CC1(C)OC2C([C@@H](COCc3ccccc3)OCc3ccccc3)O[C@@](F)(C(=O)OCc3ccccc3)C[C@H]2O1.CC1(C)OC2C([C@@H](COCc3ccccc3)OCc3ccccc3)O[C@@](O)(C(=O)OCc3ccccc3)C[C@H]2O1. The highest BCUT2D eigenvalue weighted by molar-refractivity contribution is 5.86. The zero-order chi connectivity index (χ0) is 83.1. The number of fused-ring (bicyclic) bond motifs is 3. The van der Waals surface area contributed by atoms with E-state index in [1.165, 1.54) is 0 Å². The lowest BCUT2D eigenvalue weighted by atomic mass is 9.92. The van der Waals surface area contributed by atoms with Gasteiger partial charge in [0.1, 0.15) is 74.8 Å². The molecule has 0 aromatic heterocycles. The quantitative estimate of drug-likeness (QED) is 0.0297. The molecule has 6 unspecified atom stereocenters. The molecule has 6 heterocycles. The largest absolute Gasteiger partial charge is 0.478 e. The van der Waals surface area contributed by atoms with E-state index >= 15 is 4.39 Å². The molecular formula is C97H109FO22. The predicted octanol–water partition coefficient (Wildman–Crippen LogP) is 16.0. The fourth-order valence-electron chi connectivity index (χ4n) is 14.8. The van der Waals surface area contributed by atoms with Crippen molar-refractivity contribution >= 4 is 17.9 Å². The van der Waals surface area contributed by atoms with E-state index < -0.39 is 120 Å². The number of aliphatic hydroxyl groups is 1. The Bertz CT molecular complexity index is 4410. The van der Waals surface area contributed by atoms with Crippen molar-refractivity contribution in [2.24, 2.45) is 0 Å². The lowest BCUT2D eigenvalue weighted by Gasteiger charge is -2.43. The van der Waals surface area contributed by atoms with Crippen LogP contribution < -0.4 is 0 Å². The van der Waals surface area contributed by atoms with Crippen LogP contribution in [0.25, 0.3) is 0 Å². The average Bonchev–Trinajstić information content (AvgIpc) is 1.06. The van der Waals surface area contributed by atoms with E-state index in [9.17, 15) is 19.5 Å². The van der Waals surface area contributed by atoms with Gasteiger partial charge in [-0.25, -0.2) is 14.4 Å². The van der Waals surface area contributed by atoms with Crippen LogP contribution in [0.1, 0.15) is 112 Å². The highest BCUT2D eigenvalue weighted by atomic mass is 19.2. The molecule has 0 amide bonds. The van der Waals surface area contributed by atoms with Gasteiger partial charge in [0.15, 0.2) is 23.5 Å². The molecule has 22 nitrogen and oxygen atoms in total. The summed E-state index contributed by atoms with van der Waals surface area (Å²) in [6, 6.07) is 86.5. The van der Waals surface area contributed by atoms with Crippen LogP contribution in [0.5, 0.6) is 0 Å². The normalized spacial score (nSPS) is 24.7. The number of hydrogen-bond acceptors (Lipinski definition) is 22. The van der Waals surface area contributed by atoms with Crippen molar-refractivity contribution in [1.82, 2.24) is 0 Å². The van der Waals surface area contributed by atoms with Crippen LogP contribution in [-0.2, 0) is 159 Å². The van der Waals surface area contributed by atoms with Gasteiger partial charge in [-0.15, -0.1) is 0 Å². The molecule has 23 heteroatoms. The van der Waals surface area contributed by atoms with Crippen LogP contribution >= 0.6 is 0 Å². The second-order valence-corrected chi connectivity index (χ2v) is 31.2. The van der Waals surface area contributed by atoms with Gasteiger partial charge in [0, 0.05) is 12.8 Å². The van der Waals surface area contributed by atoms with Crippen molar-refractivity contribution in [1.29, 1.82) is 0 Å². The molecule has 5 saturated heterocycles. The summed E-state index contributed by atoms with van der Waals surface area (Å²) in [5, 5.41) is 11.5. The second kappa shape index (κ2) is 42.7. The van der Waals surface area contributed by atoms with Gasteiger partial charge in [-0.2, -0.15) is 4.39 Å². The maximum absolute atomic E-state index is 16.4. The van der Waals surface area contributed by atoms with Crippen LogP contribution in [-0.4, -0.2) is 145 Å². The van der Waals surface area contributed by atoms with Gasteiger partial charge in [-0.1, -0.05) is 280 Å². The maximum atomic E-state index is 16.4. The molecule has 9 aromatic carbocycles. The van der Waals surface area contributed by atoms with E-state index in [4.69, 9.17) is 85.3 Å². The summed E-state index contributed by atoms with van der Waals surface area (Å²) < 4.78 is 125. The lowest BCUT2D eigenvalue weighted by Crippen LogP contribution is -2.61. The summed E-state index contributed by atoms with van der Waals surface area (Å²) >= 11 is 0. The summed E-state index contributed by atoms with van der Waals surface area (Å²) in [7, 11) is 0. The molecule has 120 heavy (non-hydrogen) atoms. The van der Waals surface area contributed by atoms with Gasteiger partial charge in [0.2, 0.25) is 5.76 Å². The minimum absolute atomic E-state index is 0. The van der Waals surface area contributed by atoms with Crippen molar-refractivity contribution < 1.29 is 109 Å². The number of benzene rings is 9. The first-order valence-corrected chi connectivity index (χ1v) is 40.3. The molecule has 6 aliphatic rings. The number of carbonyl (C=O) groups excluding carboxylic acids is 3. The molecule has 0 spiro atoms. The molecule has 0 radical (unpaired) electrons. The van der Waals surface area contributed by atoms with E-state index in [1.54, 1.807) is 45.9 Å². The summed E-state index contributed by atoms with van der Waals surface area (Å²) in [6.45, 7) is 13.2. The van der Waals surface area contributed by atoms with Gasteiger partial charge >= 0.3 is 23.8 Å². The lowest BCUT2D eigenvalue weighted by molar-refractivity contribution is -0.303.